The molecule has 1 aromatic carbocycles. The van der Waals surface area contributed by atoms with Gasteiger partial charge in [-0.15, -0.1) is 6.42 Å². The summed E-state index contributed by atoms with van der Waals surface area (Å²) >= 11 is 0. The summed E-state index contributed by atoms with van der Waals surface area (Å²) in [7, 11) is 0. The molecule has 0 bridgehead atoms. The Bertz CT molecular complexity index is 266. The molecule has 0 saturated heterocycles. The molecule has 0 aromatic heterocycles. The molecule has 2 nitrogen and oxygen atoms in total. The van der Waals surface area contributed by atoms with Crippen LogP contribution in [0.4, 0.5) is 0 Å². The fraction of sp³-hybridized carbons (Fsp3) is 0. The zero-order valence-corrected chi connectivity index (χ0v) is 5.86. The molecule has 1 aromatic rings. The summed E-state index contributed by atoms with van der Waals surface area (Å²) < 4.78 is 0. The molecule has 0 aliphatic rings. The van der Waals surface area contributed by atoms with Crippen LogP contribution in [0, 0.1) is 23.9 Å². The summed E-state index contributed by atoms with van der Waals surface area (Å²) in [5.41, 5.74) is 0.938. The minimum atomic E-state index is 0.750. The maximum atomic E-state index is 6.88. The van der Waals surface area contributed by atoms with Crippen LogP contribution in [0.15, 0.2) is 30.3 Å². The summed E-state index contributed by atoms with van der Waals surface area (Å²) in [4.78, 5) is 0. The van der Waals surface area contributed by atoms with Crippen LogP contribution >= 0.6 is 0 Å². The topological polar surface area (TPSA) is 44.0 Å². The van der Waals surface area contributed by atoms with Crippen LogP contribution in [0.5, 0.6) is 0 Å². The van der Waals surface area contributed by atoms with Crippen molar-refractivity contribution in [1.29, 1.82) is 5.26 Å². The highest BCUT2D eigenvalue weighted by molar-refractivity contribution is 5.30. The number of aliphatic hydroxyl groups is 1. The van der Waals surface area contributed by atoms with Crippen molar-refractivity contribution in [2.45, 2.75) is 0 Å². The third-order valence-electron chi connectivity index (χ3n) is 0.940. The fourth-order valence-corrected chi connectivity index (χ4v) is 0.534. The van der Waals surface area contributed by atoms with Crippen LogP contribution in [-0.4, -0.2) is 5.11 Å². The number of rotatable bonds is 0. The molecule has 0 fully saturated rings. The lowest BCUT2D eigenvalue weighted by Gasteiger charge is -1.82. The molecule has 11 heavy (non-hydrogen) atoms. The van der Waals surface area contributed by atoms with Crippen molar-refractivity contribution in [3.8, 4) is 18.6 Å². The van der Waals surface area contributed by atoms with Gasteiger partial charge in [-0.05, 0) is 12.1 Å². The standard InChI is InChI=1S/C8H6.CHNO/c1-2-8-6-4-3-5-7-8;2-1-3/h1,3-7H;3H. The first-order valence-corrected chi connectivity index (χ1v) is 2.90. The highest BCUT2D eigenvalue weighted by atomic mass is 16.2. The van der Waals surface area contributed by atoms with Gasteiger partial charge in [0.1, 0.15) is 0 Å². The maximum Gasteiger partial charge on any atom is 0.283 e. The lowest BCUT2D eigenvalue weighted by Crippen LogP contribution is -1.66. The van der Waals surface area contributed by atoms with E-state index in [9.17, 15) is 0 Å². The lowest BCUT2D eigenvalue weighted by molar-refractivity contribution is 0.503. The van der Waals surface area contributed by atoms with Gasteiger partial charge >= 0.3 is 0 Å². The van der Waals surface area contributed by atoms with Gasteiger partial charge in [0.05, 0.1) is 0 Å². The van der Waals surface area contributed by atoms with Gasteiger partial charge in [0, 0.05) is 5.56 Å². The van der Waals surface area contributed by atoms with Gasteiger partial charge in [0.25, 0.3) is 6.26 Å². The second-order valence-corrected chi connectivity index (χ2v) is 1.61. The van der Waals surface area contributed by atoms with Crippen LogP contribution in [0.25, 0.3) is 0 Å². The SMILES string of the molecule is C#Cc1ccccc1.N#CO. The molecule has 2 heteroatoms. The van der Waals surface area contributed by atoms with Gasteiger partial charge in [0.15, 0.2) is 0 Å². The largest absolute Gasteiger partial charge is 0.443 e. The van der Waals surface area contributed by atoms with E-state index >= 15 is 0 Å². The van der Waals surface area contributed by atoms with Crippen molar-refractivity contribution in [3.05, 3.63) is 35.9 Å². The normalized spacial score (nSPS) is 6.36. The number of nitriles is 1. The Hall–Kier alpha value is -1.93. The Kier molecular flexibility index (Phi) is 5.11. The number of nitrogens with zero attached hydrogens (tertiary/aromatic N) is 1. The Morgan fingerprint density at radius 1 is 1.27 bits per heavy atom. The van der Waals surface area contributed by atoms with Gasteiger partial charge in [-0.25, -0.2) is 0 Å². The molecule has 0 heterocycles. The van der Waals surface area contributed by atoms with E-state index in [0.717, 1.165) is 11.8 Å². The van der Waals surface area contributed by atoms with Crippen LogP contribution in [-0.2, 0) is 0 Å². The first-order chi connectivity index (χ1) is 5.35. The van der Waals surface area contributed by atoms with Crippen LogP contribution in [0.1, 0.15) is 5.56 Å². The minimum absolute atomic E-state index is 0.750. The molecule has 0 radical (unpaired) electrons. The van der Waals surface area contributed by atoms with Crippen molar-refractivity contribution in [3.63, 3.8) is 0 Å². The Morgan fingerprint density at radius 3 is 2.00 bits per heavy atom. The predicted molar refractivity (Wildman–Crippen MR) is 41.9 cm³/mol. The van der Waals surface area contributed by atoms with E-state index in [0.29, 0.717) is 0 Å². The van der Waals surface area contributed by atoms with E-state index in [1.165, 1.54) is 0 Å². The number of benzene rings is 1. The molecule has 0 aliphatic carbocycles. The van der Waals surface area contributed by atoms with E-state index < -0.39 is 0 Å². The Labute approximate surface area is 65.7 Å². The quantitative estimate of drug-likeness (QED) is 0.444. The monoisotopic (exact) mass is 145 g/mol. The van der Waals surface area contributed by atoms with E-state index in [1.807, 2.05) is 30.3 Å². The first-order valence-electron chi connectivity index (χ1n) is 2.90. The van der Waals surface area contributed by atoms with Crippen molar-refractivity contribution in [2.75, 3.05) is 0 Å². The molecule has 0 amide bonds. The van der Waals surface area contributed by atoms with E-state index in [2.05, 4.69) is 5.92 Å². The third-order valence-corrected chi connectivity index (χ3v) is 0.940. The molecule has 1 rings (SSSR count). The van der Waals surface area contributed by atoms with Crippen LogP contribution < -0.4 is 0 Å². The van der Waals surface area contributed by atoms with Gasteiger partial charge in [-0.2, -0.15) is 5.26 Å². The third kappa shape index (κ3) is 4.57. The van der Waals surface area contributed by atoms with Crippen molar-refractivity contribution >= 4 is 0 Å². The van der Waals surface area contributed by atoms with Crippen molar-refractivity contribution < 1.29 is 5.11 Å². The van der Waals surface area contributed by atoms with E-state index in [1.54, 1.807) is 0 Å². The molecule has 0 atom stereocenters. The fourth-order valence-electron chi connectivity index (χ4n) is 0.534. The van der Waals surface area contributed by atoms with E-state index in [4.69, 9.17) is 16.8 Å². The second kappa shape index (κ2) is 6.19. The highest BCUT2D eigenvalue weighted by Crippen LogP contribution is 1.92. The average Bonchev–Trinajstić information content (AvgIpc) is 2.08. The Morgan fingerprint density at radius 2 is 1.73 bits per heavy atom. The first kappa shape index (κ1) is 9.07. The van der Waals surface area contributed by atoms with Crippen molar-refractivity contribution in [1.82, 2.24) is 0 Å². The molecule has 0 aliphatic heterocycles. The van der Waals surface area contributed by atoms with Crippen LogP contribution in [0.3, 0.4) is 0 Å². The minimum Gasteiger partial charge on any atom is -0.443 e. The molecule has 54 valence electrons. The summed E-state index contributed by atoms with van der Waals surface area (Å²) in [6, 6.07) is 9.60. The average molecular weight is 145 g/mol. The summed E-state index contributed by atoms with van der Waals surface area (Å²) in [5, 5.41) is 13.8. The summed E-state index contributed by atoms with van der Waals surface area (Å²) in [6.45, 7) is 0. The predicted octanol–water partition coefficient (Wildman–Crippen LogP) is 1.51. The molecular weight excluding hydrogens is 138 g/mol. The molecule has 1 N–H and O–H groups in total. The number of hydrogen-bond acceptors (Lipinski definition) is 2. The van der Waals surface area contributed by atoms with Crippen molar-refractivity contribution in [2.24, 2.45) is 0 Å². The number of aliphatic hydroxyl groups excluding tert-OH is 1. The van der Waals surface area contributed by atoms with Gasteiger partial charge in [-0.1, -0.05) is 24.1 Å². The van der Waals surface area contributed by atoms with E-state index in [-0.39, 0.29) is 0 Å². The highest BCUT2D eigenvalue weighted by Gasteiger charge is 1.76. The molecule has 0 unspecified atom stereocenters. The van der Waals surface area contributed by atoms with Gasteiger partial charge < -0.3 is 5.11 Å². The smallest absolute Gasteiger partial charge is 0.283 e. The second-order valence-electron chi connectivity index (χ2n) is 1.61. The summed E-state index contributed by atoms with van der Waals surface area (Å²) in [5.74, 6) is 2.53. The number of terminal acetylenes is 1. The number of hydrogen-bond donors (Lipinski definition) is 1. The van der Waals surface area contributed by atoms with Crippen LogP contribution in [0.2, 0.25) is 0 Å². The molecule has 0 saturated carbocycles. The molecular formula is C9H7NO. The Balaban J connectivity index is 0.000000292. The van der Waals surface area contributed by atoms with Gasteiger partial charge in [-0.3, -0.25) is 0 Å². The zero-order valence-electron chi connectivity index (χ0n) is 5.86. The maximum absolute atomic E-state index is 6.88. The molecule has 0 spiro atoms. The zero-order chi connectivity index (χ0) is 8.53. The summed E-state index contributed by atoms with van der Waals surface area (Å²) in [6.07, 6.45) is 5.85. The lowest BCUT2D eigenvalue weighted by atomic mass is 10.2. The van der Waals surface area contributed by atoms with Gasteiger partial charge in [0.2, 0.25) is 0 Å².